The quantitative estimate of drug-likeness (QED) is 0.879. The van der Waals surface area contributed by atoms with Crippen LogP contribution in [-0.2, 0) is 22.6 Å². The average molecular weight is 367 g/mol. The van der Waals surface area contributed by atoms with Crippen LogP contribution >= 0.6 is 0 Å². The fraction of sp³-hybridized carbons (Fsp3) is 0.364. The summed E-state index contributed by atoms with van der Waals surface area (Å²) >= 11 is 0. The number of ether oxygens (including phenoxy) is 1. The third-order valence-corrected chi connectivity index (χ3v) is 5.18. The normalized spacial score (nSPS) is 16.6. The van der Waals surface area contributed by atoms with E-state index in [0.29, 0.717) is 13.0 Å². The van der Waals surface area contributed by atoms with Gasteiger partial charge in [-0.15, -0.1) is 0 Å². The zero-order valence-corrected chi connectivity index (χ0v) is 15.9. The number of methoxy groups -OCH3 is 1. The molecule has 2 aromatic carbocycles. The first kappa shape index (κ1) is 19.0. The van der Waals surface area contributed by atoms with Crippen LogP contribution in [0.1, 0.15) is 36.5 Å². The van der Waals surface area contributed by atoms with E-state index in [1.165, 1.54) is 0 Å². The van der Waals surface area contributed by atoms with Gasteiger partial charge in [0.1, 0.15) is 5.75 Å². The first-order valence-corrected chi connectivity index (χ1v) is 9.05. The van der Waals surface area contributed by atoms with Gasteiger partial charge in [0, 0.05) is 18.5 Å². The van der Waals surface area contributed by atoms with E-state index in [0.717, 1.165) is 22.4 Å². The van der Waals surface area contributed by atoms with Gasteiger partial charge >= 0.3 is 5.97 Å². The second-order valence-corrected chi connectivity index (χ2v) is 7.65. The molecule has 3 rings (SSSR count). The van der Waals surface area contributed by atoms with Gasteiger partial charge in [-0.2, -0.15) is 0 Å². The number of carboxylic acids is 1. The number of carbonyl (C=O) groups is 2. The number of amides is 1. The zero-order valence-electron chi connectivity index (χ0n) is 15.9. The van der Waals surface area contributed by atoms with Crippen molar-refractivity contribution in [2.45, 2.75) is 32.7 Å². The summed E-state index contributed by atoms with van der Waals surface area (Å²) in [7, 11) is 1.62. The standard InChI is InChI=1S/C22H25NO4/c1-22(2,12-15-8-5-7-11-19(15)27-3)21(26)23-13-16-9-4-6-10-17(16)18(14-23)20(24)25/h4-11,18H,12-14H2,1-3H3,(H,24,25). The van der Waals surface area contributed by atoms with E-state index in [2.05, 4.69) is 0 Å². The van der Waals surface area contributed by atoms with E-state index in [1.54, 1.807) is 12.0 Å². The van der Waals surface area contributed by atoms with Gasteiger partial charge in [-0.3, -0.25) is 9.59 Å². The van der Waals surface area contributed by atoms with Crippen molar-refractivity contribution < 1.29 is 19.4 Å². The fourth-order valence-corrected chi connectivity index (χ4v) is 3.80. The number of carbonyl (C=O) groups excluding carboxylic acids is 1. The maximum absolute atomic E-state index is 13.3. The number of aliphatic carboxylic acids is 1. The van der Waals surface area contributed by atoms with Crippen molar-refractivity contribution in [1.82, 2.24) is 4.90 Å². The molecule has 142 valence electrons. The molecule has 1 aliphatic heterocycles. The summed E-state index contributed by atoms with van der Waals surface area (Å²) in [5.74, 6) is -0.886. The number of hydrogen-bond donors (Lipinski definition) is 1. The van der Waals surface area contributed by atoms with E-state index in [4.69, 9.17) is 4.74 Å². The summed E-state index contributed by atoms with van der Waals surface area (Å²) < 4.78 is 5.41. The highest BCUT2D eigenvalue weighted by Crippen LogP contribution is 2.34. The maximum Gasteiger partial charge on any atom is 0.312 e. The molecule has 0 aromatic heterocycles. The molecule has 0 radical (unpaired) electrons. The summed E-state index contributed by atoms with van der Waals surface area (Å²) in [6, 6.07) is 15.1. The second-order valence-electron chi connectivity index (χ2n) is 7.65. The van der Waals surface area contributed by atoms with E-state index in [-0.39, 0.29) is 12.5 Å². The Bertz CT molecular complexity index is 859. The van der Waals surface area contributed by atoms with Crippen molar-refractivity contribution in [1.29, 1.82) is 0 Å². The molecule has 1 unspecified atom stereocenters. The summed E-state index contributed by atoms with van der Waals surface area (Å²) in [6.07, 6.45) is 0.520. The first-order valence-electron chi connectivity index (χ1n) is 9.05. The van der Waals surface area contributed by atoms with Gasteiger partial charge in [-0.25, -0.2) is 0 Å². The van der Waals surface area contributed by atoms with E-state index in [9.17, 15) is 14.7 Å². The smallest absolute Gasteiger partial charge is 0.312 e. The number of fused-ring (bicyclic) bond motifs is 1. The highest BCUT2D eigenvalue weighted by atomic mass is 16.5. The number of nitrogens with zero attached hydrogens (tertiary/aromatic N) is 1. The average Bonchev–Trinajstić information content (AvgIpc) is 2.66. The Hall–Kier alpha value is -2.82. The third-order valence-electron chi connectivity index (χ3n) is 5.18. The Morgan fingerprint density at radius 2 is 1.81 bits per heavy atom. The van der Waals surface area contributed by atoms with Crippen molar-refractivity contribution in [3.05, 3.63) is 65.2 Å². The Kier molecular flexibility index (Phi) is 5.22. The number of hydrogen-bond acceptors (Lipinski definition) is 3. The van der Waals surface area contributed by atoms with Gasteiger partial charge in [0.25, 0.3) is 0 Å². The van der Waals surface area contributed by atoms with Gasteiger partial charge < -0.3 is 14.7 Å². The molecule has 1 heterocycles. The molecule has 1 aliphatic rings. The molecule has 2 aromatic rings. The second kappa shape index (κ2) is 7.43. The highest BCUT2D eigenvalue weighted by molar-refractivity contribution is 5.85. The summed E-state index contributed by atoms with van der Waals surface area (Å²) in [5, 5.41) is 9.64. The molecular formula is C22H25NO4. The molecule has 0 spiro atoms. The minimum Gasteiger partial charge on any atom is -0.496 e. The Balaban J connectivity index is 1.85. The van der Waals surface area contributed by atoms with E-state index < -0.39 is 17.3 Å². The number of rotatable bonds is 5. The van der Waals surface area contributed by atoms with E-state index in [1.807, 2.05) is 62.4 Å². The molecule has 0 saturated carbocycles. The van der Waals surface area contributed by atoms with Crippen LogP contribution in [0.15, 0.2) is 48.5 Å². The minimum atomic E-state index is -0.900. The predicted molar refractivity (Wildman–Crippen MR) is 103 cm³/mol. The van der Waals surface area contributed by atoms with E-state index >= 15 is 0 Å². The van der Waals surface area contributed by atoms with Gasteiger partial charge in [0.15, 0.2) is 0 Å². The van der Waals surface area contributed by atoms with Crippen LogP contribution in [0.3, 0.4) is 0 Å². The van der Waals surface area contributed by atoms with Crippen molar-refractivity contribution in [3.63, 3.8) is 0 Å². The molecule has 1 atom stereocenters. The van der Waals surface area contributed by atoms with Crippen LogP contribution in [0.2, 0.25) is 0 Å². The molecule has 1 amide bonds. The van der Waals surface area contributed by atoms with Crippen LogP contribution in [0, 0.1) is 5.41 Å². The van der Waals surface area contributed by atoms with Crippen molar-refractivity contribution in [2.75, 3.05) is 13.7 Å². The van der Waals surface area contributed by atoms with Crippen LogP contribution in [0.25, 0.3) is 0 Å². The molecule has 0 aliphatic carbocycles. The largest absolute Gasteiger partial charge is 0.496 e. The maximum atomic E-state index is 13.3. The molecule has 0 fully saturated rings. The lowest BCUT2D eigenvalue weighted by atomic mass is 9.82. The molecular weight excluding hydrogens is 342 g/mol. The number of benzene rings is 2. The Morgan fingerprint density at radius 1 is 1.15 bits per heavy atom. The summed E-state index contributed by atoms with van der Waals surface area (Å²) in [5.41, 5.74) is 1.99. The molecule has 0 bridgehead atoms. The fourth-order valence-electron chi connectivity index (χ4n) is 3.80. The van der Waals surface area contributed by atoms with Gasteiger partial charge in [0.05, 0.1) is 13.0 Å². The highest BCUT2D eigenvalue weighted by Gasteiger charge is 2.38. The molecule has 1 N–H and O–H groups in total. The van der Waals surface area contributed by atoms with Crippen LogP contribution in [-0.4, -0.2) is 35.5 Å². The van der Waals surface area contributed by atoms with Crippen LogP contribution in [0.4, 0.5) is 0 Å². The lowest BCUT2D eigenvalue weighted by molar-refractivity contribution is -0.145. The molecule has 27 heavy (non-hydrogen) atoms. The SMILES string of the molecule is COc1ccccc1CC(C)(C)C(=O)N1Cc2ccccc2C(C(=O)O)C1. The predicted octanol–water partition coefficient (Wildman–Crippen LogP) is 3.47. The minimum absolute atomic E-state index is 0.0471. The molecule has 0 saturated heterocycles. The Labute approximate surface area is 159 Å². The molecule has 5 heteroatoms. The summed E-state index contributed by atoms with van der Waals surface area (Å²) in [6.45, 7) is 4.44. The van der Waals surface area contributed by atoms with Crippen molar-refractivity contribution in [2.24, 2.45) is 5.41 Å². The van der Waals surface area contributed by atoms with Crippen molar-refractivity contribution in [3.8, 4) is 5.75 Å². The Morgan fingerprint density at radius 3 is 2.52 bits per heavy atom. The zero-order chi connectivity index (χ0) is 19.6. The number of para-hydroxylation sites is 1. The van der Waals surface area contributed by atoms with Crippen LogP contribution < -0.4 is 4.74 Å². The monoisotopic (exact) mass is 367 g/mol. The summed E-state index contributed by atoms with van der Waals surface area (Å²) in [4.78, 5) is 26.7. The third kappa shape index (κ3) is 3.82. The van der Waals surface area contributed by atoms with Gasteiger partial charge in [-0.1, -0.05) is 56.3 Å². The van der Waals surface area contributed by atoms with Crippen LogP contribution in [0.5, 0.6) is 5.75 Å². The van der Waals surface area contributed by atoms with Gasteiger partial charge in [0.2, 0.25) is 5.91 Å². The van der Waals surface area contributed by atoms with Crippen molar-refractivity contribution >= 4 is 11.9 Å². The number of carboxylic acid groups (broad SMARTS) is 1. The topological polar surface area (TPSA) is 66.8 Å². The lowest BCUT2D eigenvalue weighted by Crippen LogP contribution is -2.46. The molecule has 5 nitrogen and oxygen atoms in total. The first-order chi connectivity index (χ1) is 12.8. The van der Waals surface area contributed by atoms with Gasteiger partial charge in [-0.05, 0) is 29.2 Å². The lowest BCUT2D eigenvalue weighted by Gasteiger charge is -2.37.